The van der Waals surface area contributed by atoms with E-state index in [4.69, 9.17) is 4.74 Å². The van der Waals surface area contributed by atoms with Crippen molar-refractivity contribution in [2.75, 3.05) is 13.2 Å². The molecule has 0 amide bonds. The highest BCUT2D eigenvalue weighted by atomic mass is 19.3. The number of nitrogens with zero attached hydrogens (tertiary/aromatic N) is 1. The molecule has 0 aliphatic rings. The largest absolute Gasteiger partial charge is 0.472 e. The van der Waals surface area contributed by atoms with Crippen LogP contribution in [0.25, 0.3) is 0 Å². The summed E-state index contributed by atoms with van der Waals surface area (Å²) in [6.07, 6.45) is -0.835. The minimum atomic E-state index is -2.47. The lowest BCUT2D eigenvalue weighted by Gasteiger charge is -2.08. The van der Waals surface area contributed by atoms with Crippen molar-refractivity contribution in [3.63, 3.8) is 0 Å². The highest BCUT2D eigenvalue weighted by molar-refractivity contribution is 5.17. The number of alkyl halides is 2. The lowest BCUT2D eigenvalue weighted by atomic mass is 10.2. The first-order valence-corrected chi connectivity index (χ1v) is 5.64. The Balaban J connectivity index is 2.34. The van der Waals surface area contributed by atoms with Crippen molar-refractivity contribution in [3.8, 4) is 5.88 Å². The first kappa shape index (κ1) is 13.8. The Hall–Kier alpha value is -1.23. The lowest BCUT2D eigenvalue weighted by molar-refractivity contribution is 0.0796. The van der Waals surface area contributed by atoms with Gasteiger partial charge in [-0.15, -0.1) is 0 Å². The highest BCUT2D eigenvalue weighted by Crippen LogP contribution is 2.08. The van der Waals surface area contributed by atoms with E-state index in [1.165, 1.54) is 0 Å². The van der Waals surface area contributed by atoms with E-state index in [9.17, 15) is 8.78 Å². The van der Waals surface area contributed by atoms with Crippen LogP contribution >= 0.6 is 0 Å². The number of halogens is 2. The SMILES string of the molecule is CC(C)CNCc1ccc(OCC(F)F)nc1. The number of nitrogens with one attached hydrogen (secondary N) is 1. The van der Waals surface area contributed by atoms with Crippen LogP contribution in [0, 0.1) is 5.92 Å². The minimum Gasteiger partial charge on any atom is -0.472 e. The maximum atomic E-state index is 11.9. The molecule has 3 nitrogen and oxygen atoms in total. The second-order valence-electron chi connectivity index (χ2n) is 4.23. The molecule has 1 heterocycles. The van der Waals surface area contributed by atoms with Crippen molar-refractivity contribution >= 4 is 0 Å². The Morgan fingerprint density at radius 1 is 1.35 bits per heavy atom. The summed E-state index contributed by atoms with van der Waals surface area (Å²) in [4.78, 5) is 3.95. The Bertz CT molecular complexity index is 315. The monoisotopic (exact) mass is 244 g/mol. The van der Waals surface area contributed by atoms with Gasteiger partial charge in [-0.25, -0.2) is 13.8 Å². The molecule has 1 N–H and O–H groups in total. The molecule has 96 valence electrons. The van der Waals surface area contributed by atoms with E-state index in [1.807, 2.05) is 6.07 Å². The van der Waals surface area contributed by atoms with Gasteiger partial charge in [0, 0.05) is 18.8 Å². The molecule has 1 rings (SSSR count). The van der Waals surface area contributed by atoms with Gasteiger partial charge in [0.25, 0.3) is 6.43 Å². The topological polar surface area (TPSA) is 34.1 Å². The fourth-order valence-electron chi connectivity index (χ4n) is 1.25. The Morgan fingerprint density at radius 3 is 2.65 bits per heavy atom. The molecule has 0 aromatic carbocycles. The standard InChI is InChI=1S/C12H18F2N2O/c1-9(2)5-15-6-10-3-4-12(16-7-10)17-8-11(13)14/h3-4,7,9,11,15H,5-6,8H2,1-2H3. The molecule has 17 heavy (non-hydrogen) atoms. The van der Waals surface area contributed by atoms with Crippen LogP contribution in [-0.2, 0) is 6.54 Å². The summed E-state index contributed by atoms with van der Waals surface area (Å²) in [6.45, 7) is 5.31. The van der Waals surface area contributed by atoms with Crippen LogP contribution in [0.5, 0.6) is 5.88 Å². The molecule has 5 heteroatoms. The summed E-state index contributed by atoms with van der Waals surface area (Å²) in [6, 6.07) is 3.43. The van der Waals surface area contributed by atoms with Gasteiger partial charge in [0.05, 0.1) is 0 Å². The molecule has 0 spiro atoms. The van der Waals surface area contributed by atoms with Gasteiger partial charge in [0.1, 0.15) is 0 Å². The first-order chi connectivity index (χ1) is 8.08. The summed E-state index contributed by atoms with van der Waals surface area (Å²) < 4.78 is 28.5. The van der Waals surface area contributed by atoms with Crippen molar-refractivity contribution < 1.29 is 13.5 Å². The molecular weight excluding hydrogens is 226 g/mol. The van der Waals surface area contributed by atoms with Gasteiger partial charge >= 0.3 is 0 Å². The van der Waals surface area contributed by atoms with Crippen molar-refractivity contribution in [1.29, 1.82) is 0 Å². The van der Waals surface area contributed by atoms with E-state index >= 15 is 0 Å². The molecule has 0 unspecified atom stereocenters. The fraction of sp³-hybridized carbons (Fsp3) is 0.583. The molecule has 0 aliphatic heterocycles. The zero-order valence-electron chi connectivity index (χ0n) is 10.1. The van der Waals surface area contributed by atoms with Gasteiger partial charge in [0.15, 0.2) is 6.61 Å². The van der Waals surface area contributed by atoms with Crippen molar-refractivity contribution in [2.45, 2.75) is 26.8 Å². The van der Waals surface area contributed by atoms with E-state index in [0.29, 0.717) is 5.92 Å². The van der Waals surface area contributed by atoms with Crippen LogP contribution in [-0.4, -0.2) is 24.6 Å². The molecule has 1 aromatic heterocycles. The van der Waals surface area contributed by atoms with E-state index in [0.717, 1.165) is 18.7 Å². The number of pyridine rings is 1. The maximum absolute atomic E-state index is 11.9. The molecule has 0 aliphatic carbocycles. The summed E-state index contributed by atoms with van der Waals surface area (Å²) in [5.41, 5.74) is 1.01. The van der Waals surface area contributed by atoms with Crippen molar-refractivity contribution in [3.05, 3.63) is 23.9 Å². The predicted octanol–water partition coefficient (Wildman–Crippen LogP) is 2.47. The molecule has 1 aromatic rings. The molecule has 0 radical (unpaired) electrons. The second kappa shape index (κ2) is 7.17. The van der Waals surface area contributed by atoms with Crippen molar-refractivity contribution in [2.24, 2.45) is 5.92 Å². The highest BCUT2D eigenvalue weighted by Gasteiger charge is 2.04. The molecule has 0 fully saturated rings. The Labute approximate surface area is 100 Å². The molecule has 0 atom stereocenters. The third kappa shape index (κ3) is 6.16. The van der Waals surface area contributed by atoms with Gasteiger partial charge in [-0.3, -0.25) is 0 Å². The normalized spacial score (nSPS) is 11.2. The third-order valence-corrected chi connectivity index (χ3v) is 2.04. The smallest absolute Gasteiger partial charge is 0.272 e. The van der Waals surface area contributed by atoms with Gasteiger partial charge in [-0.1, -0.05) is 19.9 Å². The molecular formula is C12H18F2N2O. The van der Waals surface area contributed by atoms with Gasteiger partial charge in [-0.05, 0) is 18.0 Å². The number of aromatic nitrogens is 1. The lowest BCUT2D eigenvalue weighted by Crippen LogP contribution is -2.19. The quantitative estimate of drug-likeness (QED) is 0.800. The van der Waals surface area contributed by atoms with Crippen LogP contribution in [0.3, 0.4) is 0 Å². The van der Waals surface area contributed by atoms with Crippen LogP contribution in [0.2, 0.25) is 0 Å². The van der Waals surface area contributed by atoms with Gasteiger partial charge in [-0.2, -0.15) is 0 Å². The Kier molecular flexibility index (Phi) is 5.83. The summed E-state index contributed by atoms with van der Waals surface area (Å²) >= 11 is 0. The van der Waals surface area contributed by atoms with Gasteiger partial charge in [0.2, 0.25) is 5.88 Å². The summed E-state index contributed by atoms with van der Waals surface area (Å²) in [5.74, 6) is 0.828. The second-order valence-corrected chi connectivity index (χ2v) is 4.23. The average Bonchev–Trinajstić information content (AvgIpc) is 2.27. The van der Waals surface area contributed by atoms with E-state index in [1.54, 1.807) is 12.3 Å². The molecule has 0 saturated heterocycles. The Morgan fingerprint density at radius 2 is 2.12 bits per heavy atom. The zero-order valence-corrected chi connectivity index (χ0v) is 10.1. The fourth-order valence-corrected chi connectivity index (χ4v) is 1.25. The zero-order chi connectivity index (χ0) is 12.7. The summed E-state index contributed by atoms with van der Waals surface area (Å²) in [5, 5.41) is 3.27. The van der Waals surface area contributed by atoms with E-state index in [-0.39, 0.29) is 5.88 Å². The number of hydrogen-bond donors (Lipinski definition) is 1. The van der Waals surface area contributed by atoms with Crippen LogP contribution in [0.15, 0.2) is 18.3 Å². The van der Waals surface area contributed by atoms with Crippen LogP contribution < -0.4 is 10.1 Å². The molecule has 0 bridgehead atoms. The maximum Gasteiger partial charge on any atom is 0.272 e. The van der Waals surface area contributed by atoms with Crippen LogP contribution in [0.1, 0.15) is 19.4 Å². The van der Waals surface area contributed by atoms with Crippen molar-refractivity contribution in [1.82, 2.24) is 10.3 Å². The number of ether oxygens (including phenoxy) is 1. The van der Waals surface area contributed by atoms with Crippen LogP contribution in [0.4, 0.5) is 8.78 Å². The number of hydrogen-bond acceptors (Lipinski definition) is 3. The minimum absolute atomic E-state index is 0.234. The van der Waals surface area contributed by atoms with E-state index in [2.05, 4.69) is 24.1 Å². The number of rotatable bonds is 7. The predicted molar refractivity (Wildman–Crippen MR) is 62.3 cm³/mol. The summed E-state index contributed by atoms with van der Waals surface area (Å²) in [7, 11) is 0. The molecule has 0 saturated carbocycles. The average molecular weight is 244 g/mol. The van der Waals surface area contributed by atoms with E-state index < -0.39 is 13.0 Å². The van der Waals surface area contributed by atoms with Gasteiger partial charge < -0.3 is 10.1 Å². The third-order valence-electron chi connectivity index (χ3n) is 2.04. The first-order valence-electron chi connectivity index (χ1n) is 5.64.